The Kier molecular flexibility index (Phi) is 9.67. The lowest BCUT2D eigenvalue weighted by atomic mass is 9.98. The van der Waals surface area contributed by atoms with Crippen LogP contribution in [0.3, 0.4) is 0 Å². The number of phenolic OH excluding ortho intramolecular Hbond substituents is 1. The molecule has 0 amide bonds. The fraction of sp³-hybridized carbons (Fsp3) is 0.538. The van der Waals surface area contributed by atoms with Crippen molar-refractivity contribution in [1.29, 1.82) is 0 Å². The third-order valence-corrected chi connectivity index (χ3v) is 6.32. The van der Waals surface area contributed by atoms with Crippen LogP contribution < -0.4 is 10.5 Å². The number of fused-ring (bicyclic) bond motifs is 1. The zero-order valence-corrected chi connectivity index (χ0v) is 20.4. The van der Waals surface area contributed by atoms with E-state index in [0.717, 1.165) is 24.8 Å². The number of nitrogens with zero attached hydrogens (tertiary/aromatic N) is 4. The molecule has 3 N–H and O–H groups in total. The number of imidazole rings is 1. The molecule has 3 aromatic rings. The molecule has 34 heavy (non-hydrogen) atoms. The monoisotopic (exact) mass is 467 g/mol. The van der Waals surface area contributed by atoms with Gasteiger partial charge in [-0.05, 0) is 30.5 Å². The fourth-order valence-electron chi connectivity index (χ4n) is 4.34. The van der Waals surface area contributed by atoms with Crippen LogP contribution in [0, 0.1) is 0 Å². The van der Waals surface area contributed by atoms with Gasteiger partial charge >= 0.3 is 0 Å². The van der Waals surface area contributed by atoms with Crippen molar-refractivity contribution in [3.63, 3.8) is 0 Å². The Morgan fingerprint density at radius 3 is 2.65 bits per heavy atom. The molecule has 8 heteroatoms. The molecule has 2 aromatic heterocycles. The van der Waals surface area contributed by atoms with Crippen LogP contribution >= 0.6 is 0 Å². The number of rotatable bonds is 15. The predicted octanol–water partition coefficient (Wildman–Crippen LogP) is 5.40. The molecule has 1 atom stereocenters. The minimum Gasteiger partial charge on any atom is -0.504 e. The van der Waals surface area contributed by atoms with E-state index in [4.69, 9.17) is 10.5 Å². The van der Waals surface area contributed by atoms with Crippen molar-refractivity contribution in [2.45, 2.75) is 83.6 Å². The van der Waals surface area contributed by atoms with E-state index in [1.54, 1.807) is 18.5 Å². The van der Waals surface area contributed by atoms with Gasteiger partial charge in [0.1, 0.15) is 17.6 Å². The first-order valence-corrected chi connectivity index (χ1v) is 12.3. The minimum atomic E-state index is -0.0169. The number of Topliss-reactive ketones (excluding diaryl/α,β-unsaturated/α-hetero) is 1. The number of anilines is 1. The zero-order valence-electron chi connectivity index (χ0n) is 20.4. The van der Waals surface area contributed by atoms with Gasteiger partial charge < -0.3 is 20.1 Å². The molecule has 0 bridgehead atoms. The van der Waals surface area contributed by atoms with E-state index < -0.39 is 0 Å². The number of aromatic nitrogens is 4. The van der Waals surface area contributed by atoms with E-state index in [1.807, 2.05) is 10.6 Å². The van der Waals surface area contributed by atoms with Crippen LogP contribution in [0.5, 0.6) is 11.5 Å². The van der Waals surface area contributed by atoms with Gasteiger partial charge in [0.15, 0.2) is 23.0 Å². The lowest BCUT2D eigenvalue weighted by molar-refractivity contribution is -0.119. The number of benzene rings is 1. The maximum Gasteiger partial charge on any atom is 0.165 e. The molecule has 2 heterocycles. The average Bonchev–Trinajstić information content (AvgIpc) is 3.27. The molecule has 1 aromatic carbocycles. The van der Waals surface area contributed by atoms with E-state index in [-0.39, 0.29) is 17.6 Å². The molecular weight excluding hydrogens is 430 g/mol. The molecule has 8 nitrogen and oxygen atoms in total. The van der Waals surface area contributed by atoms with Crippen molar-refractivity contribution >= 4 is 22.8 Å². The number of ketones is 1. The molecule has 0 aliphatic heterocycles. The third kappa shape index (κ3) is 6.92. The van der Waals surface area contributed by atoms with Crippen molar-refractivity contribution in [3.8, 4) is 11.5 Å². The van der Waals surface area contributed by atoms with Gasteiger partial charge in [0.05, 0.1) is 13.4 Å². The number of unbranched alkanes of at least 4 members (excludes halogenated alkanes) is 6. The molecule has 0 aliphatic carbocycles. The molecular formula is C26H37N5O3. The summed E-state index contributed by atoms with van der Waals surface area (Å²) in [6.45, 7) is 2.23. The number of methoxy groups -OCH3 is 1. The molecule has 0 fully saturated rings. The Morgan fingerprint density at radius 2 is 1.88 bits per heavy atom. The summed E-state index contributed by atoms with van der Waals surface area (Å²) in [7, 11) is 1.52. The molecule has 3 rings (SSSR count). The van der Waals surface area contributed by atoms with Crippen molar-refractivity contribution < 1.29 is 14.6 Å². The van der Waals surface area contributed by atoms with Crippen LogP contribution in [0.1, 0.15) is 82.7 Å². The van der Waals surface area contributed by atoms with Gasteiger partial charge in [-0.2, -0.15) is 0 Å². The SMILES string of the molecule is CCCCCCCCC[C@@H](CC(=O)CCc1ccc(O)c(OC)c1)n1cnc2c(N)ncnc21. The number of aromatic hydroxyl groups is 1. The Labute approximate surface area is 201 Å². The van der Waals surface area contributed by atoms with Crippen molar-refractivity contribution in [2.75, 3.05) is 12.8 Å². The van der Waals surface area contributed by atoms with Gasteiger partial charge in [0, 0.05) is 18.9 Å². The molecule has 0 saturated heterocycles. The van der Waals surface area contributed by atoms with E-state index in [2.05, 4.69) is 21.9 Å². The van der Waals surface area contributed by atoms with Gasteiger partial charge in [-0.15, -0.1) is 0 Å². The number of phenols is 1. The van der Waals surface area contributed by atoms with E-state index >= 15 is 0 Å². The summed E-state index contributed by atoms with van der Waals surface area (Å²) >= 11 is 0. The van der Waals surface area contributed by atoms with Gasteiger partial charge in [-0.1, -0.05) is 57.9 Å². The van der Waals surface area contributed by atoms with Crippen molar-refractivity contribution in [3.05, 3.63) is 36.4 Å². The van der Waals surface area contributed by atoms with Gasteiger partial charge in [0.25, 0.3) is 0 Å². The number of hydrogen-bond acceptors (Lipinski definition) is 7. The lowest BCUT2D eigenvalue weighted by Crippen LogP contribution is -2.15. The van der Waals surface area contributed by atoms with Crippen molar-refractivity contribution in [1.82, 2.24) is 19.5 Å². The lowest BCUT2D eigenvalue weighted by Gasteiger charge is -2.19. The molecule has 0 saturated carbocycles. The van der Waals surface area contributed by atoms with Gasteiger partial charge in [-0.25, -0.2) is 15.0 Å². The summed E-state index contributed by atoms with van der Waals surface area (Å²) < 4.78 is 7.17. The molecule has 0 spiro atoms. The highest BCUT2D eigenvalue weighted by atomic mass is 16.5. The highest BCUT2D eigenvalue weighted by Gasteiger charge is 2.20. The van der Waals surface area contributed by atoms with Crippen LogP contribution in [0.2, 0.25) is 0 Å². The Bertz CT molecular complexity index is 1070. The smallest absolute Gasteiger partial charge is 0.165 e. The second-order valence-corrected chi connectivity index (χ2v) is 8.90. The highest BCUT2D eigenvalue weighted by molar-refractivity contribution is 5.82. The molecule has 0 radical (unpaired) electrons. The van der Waals surface area contributed by atoms with E-state index in [0.29, 0.717) is 42.0 Å². The second kappa shape index (κ2) is 12.9. The standard InChI is InChI=1S/C26H37N5O3/c1-3-4-5-6-7-8-9-10-20(31-18-30-24-25(27)28-17-29-26(24)31)16-21(32)13-11-19-12-14-22(33)23(15-19)34-2/h12,14-15,17-18,20,33H,3-11,13,16H2,1-2H3,(H2,27,28,29)/t20-/m0/s1. The maximum absolute atomic E-state index is 13.0. The summed E-state index contributed by atoms with van der Waals surface area (Å²) in [5.41, 5.74) is 8.19. The predicted molar refractivity (Wildman–Crippen MR) is 134 cm³/mol. The number of nitrogen functional groups attached to an aromatic ring is 1. The number of nitrogens with two attached hydrogens (primary N) is 1. The minimum absolute atomic E-state index is 0.0169. The fourth-order valence-corrected chi connectivity index (χ4v) is 4.34. The zero-order chi connectivity index (χ0) is 24.3. The number of carbonyl (C=O) groups excluding carboxylic acids is 1. The van der Waals surface area contributed by atoms with E-state index in [9.17, 15) is 9.90 Å². The van der Waals surface area contributed by atoms with Crippen LogP contribution in [0.25, 0.3) is 11.2 Å². The Balaban J connectivity index is 1.64. The normalized spacial score (nSPS) is 12.2. The highest BCUT2D eigenvalue weighted by Crippen LogP contribution is 2.28. The molecule has 0 unspecified atom stereocenters. The van der Waals surface area contributed by atoms with Crippen LogP contribution in [-0.4, -0.2) is 37.5 Å². The maximum atomic E-state index is 13.0. The summed E-state index contributed by atoms with van der Waals surface area (Å²) in [5, 5.41) is 9.79. The van der Waals surface area contributed by atoms with Crippen LogP contribution in [0.4, 0.5) is 5.82 Å². The first-order valence-electron chi connectivity index (χ1n) is 12.3. The average molecular weight is 468 g/mol. The second-order valence-electron chi connectivity index (χ2n) is 8.90. The number of ether oxygens (including phenoxy) is 1. The molecule has 184 valence electrons. The van der Waals surface area contributed by atoms with Crippen LogP contribution in [-0.2, 0) is 11.2 Å². The van der Waals surface area contributed by atoms with E-state index in [1.165, 1.54) is 45.5 Å². The Morgan fingerprint density at radius 1 is 1.12 bits per heavy atom. The number of carbonyl (C=O) groups is 1. The summed E-state index contributed by atoms with van der Waals surface area (Å²) in [4.78, 5) is 25.8. The number of hydrogen-bond donors (Lipinski definition) is 2. The summed E-state index contributed by atoms with van der Waals surface area (Å²) in [6.07, 6.45) is 14.1. The van der Waals surface area contributed by atoms with Gasteiger partial charge in [-0.3, -0.25) is 4.79 Å². The van der Waals surface area contributed by atoms with Gasteiger partial charge in [0.2, 0.25) is 0 Å². The topological polar surface area (TPSA) is 116 Å². The first-order chi connectivity index (χ1) is 16.5. The first kappa shape index (κ1) is 25.5. The largest absolute Gasteiger partial charge is 0.504 e. The van der Waals surface area contributed by atoms with Crippen molar-refractivity contribution in [2.24, 2.45) is 0 Å². The third-order valence-electron chi connectivity index (χ3n) is 6.32. The quantitative estimate of drug-likeness (QED) is 0.288. The Hall–Kier alpha value is -3.16. The van der Waals surface area contributed by atoms with Crippen LogP contribution in [0.15, 0.2) is 30.9 Å². The summed E-state index contributed by atoms with van der Waals surface area (Å²) in [6, 6.07) is 5.19. The molecule has 0 aliphatic rings. The summed E-state index contributed by atoms with van der Waals surface area (Å²) in [5.74, 6) is 1.05. The number of aryl methyl sites for hydroxylation is 1.